The summed E-state index contributed by atoms with van der Waals surface area (Å²) >= 11 is 0. The Morgan fingerprint density at radius 2 is 2.10 bits per heavy atom. The number of nitrogens with zero attached hydrogens (tertiary/aromatic N) is 2. The monoisotopic (exact) mass is 402 g/mol. The highest BCUT2D eigenvalue weighted by atomic mass is 16.7. The maximum Gasteiger partial charge on any atom is 0.410 e. The van der Waals surface area contributed by atoms with Gasteiger partial charge in [0.05, 0.1) is 18.4 Å². The van der Waals surface area contributed by atoms with Gasteiger partial charge in [0.15, 0.2) is 5.79 Å². The number of aromatic nitrogens is 1. The summed E-state index contributed by atoms with van der Waals surface area (Å²) in [5.74, 6) is -0.311. The van der Waals surface area contributed by atoms with Crippen LogP contribution in [0.25, 0.3) is 5.57 Å². The van der Waals surface area contributed by atoms with Gasteiger partial charge in [0, 0.05) is 25.2 Å². The van der Waals surface area contributed by atoms with E-state index in [1.165, 1.54) is 5.57 Å². The molecule has 2 aliphatic heterocycles. The van der Waals surface area contributed by atoms with Crippen LogP contribution < -0.4 is 0 Å². The second-order valence-corrected chi connectivity index (χ2v) is 9.50. The van der Waals surface area contributed by atoms with E-state index in [0.29, 0.717) is 19.7 Å². The number of ether oxygens (including phenoxy) is 3. The number of pyridine rings is 1. The normalized spacial score (nSPS) is 22.9. The molecule has 3 heterocycles. The van der Waals surface area contributed by atoms with Gasteiger partial charge in [-0.2, -0.15) is 0 Å². The van der Waals surface area contributed by atoms with Crippen LogP contribution >= 0.6 is 0 Å². The summed E-state index contributed by atoms with van der Waals surface area (Å²) < 4.78 is 17.2. The molecule has 3 rings (SSSR count). The molecule has 2 unspecified atom stereocenters. The second-order valence-electron chi connectivity index (χ2n) is 9.50. The van der Waals surface area contributed by atoms with E-state index < -0.39 is 11.4 Å². The van der Waals surface area contributed by atoms with E-state index in [9.17, 15) is 4.79 Å². The standard InChI is InChI=1S/C23H34N2O4/c1-15-12-18(16(2)19-14-27-23(6,7)28-19)13-24-20(15)17-8-10-25(11-9-17)21(26)29-22(3,4)5/h8,12-13,16,19H,9-11,14H2,1-7H3. The quantitative estimate of drug-likeness (QED) is 0.735. The molecule has 0 aliphatic carbocycles. The van der Waals surface area contributed by atoms with Crippen molar-refractivity contribution in [2.45, 2.75) is 78.3 Å². The number of hydrogen-bond donors (Lipinski definition) is 0. The molecule has 0 spiro atoms. The second kappa shape index (κ2) is 8.07. The first kappa shape index (κ1) is 21.8. The van der Waals surface area contributed by atoms with Gasteiger partial charge in [-0.05, 0) is 64.7 Å². The summed E-state index contributed by atoms with van der Waals surface area (Å²) in [6, 6.07) is 2.20. The van der Waals surface area contributed by atoms with Crippen molar-refractivity contribution < 1.29 is 19.0 Å². The lowest BCUT2D eigenvalue weighted by atomic mass is 9.93. The lowest BCUT2D eigenvalue weighted by Gasteiger charge is -2.29. The highest BCUT2D eigenvalue weighted by Gasteiger charge is 2.36. The Balaban J connectivity index is 1.67. The third-order valence-corrected chi connectivity index (χ3v) is 5.38. The fourth-order valence-electron chi connectivity index (χ4n) is 3.73. The number of hydrogen-bond acceptors (Lipinski definition) is 5. The van der Waals surface area contributed by atoms with Crippen LogP contribution in [-0.2, 0) is 14.2 Å². The molecule has 160 valence electrons. The molecule has 0 aromatic carbocycles. The van der Waals surface area contributed by atoms with Gasteiger partial charge >= 0.3 is 6.09 Å². The predicted octanol–water partition coefficient (Wildman–Crippen LogP) is 4.67. The average Bonchev–Trinajstić information content (AvgIpc) is 2.99. The zero-order valence-electron chi connectivity index (χ0n) is 18.7. The van der Waals surface area contributed by atoms with Crippen molar-refractivity contribution >= 4 is 11.7 Å². The van der Waals surface area contributed by atoms with Gasteiger partial charge in [0.1, 0.15) is 5.60 Å². The van der Waals surface area contributed by atoms with Gasteiger partial charge in [0.25, 0.3) is 0 Å². The summed E-state index contributed by atoms with van der Waals surface area (Å²) in [6.07, 6.45) is 4.58. The predicted molar refractivity (Wildman–Crippen MR) is 113 cm³/mol. The van der Waals surface area contributed by atoms with Crippen molar-refractivity contribution in [3.63, 3.8) is 0 Å². The van der Waals surface area contributed by atoms with Crippen molar-refractivity contribution in [1.29, 1.82) is 0 Å². The van der Waals surface area contributed by atoms with Crippen LogP contribution in [0.4, 0.5) is 4.79 Å². The Kier molecular flexibility index (Phi) is 6.06. The average molecular weight is 403 g/mol. The van der Waals surface area contributed by atoms with Gasteiger partial charge in [-0.1, -0.05) is 19.1 Å². The van der Waals surface area contributed by atoms with Crippen molar-refractivity contribution in [2.24, 2.45) is 0 Å². The smallest absolute Gasteiger partial charge is 0.410 e. The van der Waals surface area contributed by atoms with E-state index in [2.05, 4.69) is 26.0 Å². The minimum Gasteiger partial charge on any atom is -0.444 e. The molecule has 1 amide bonds. The van der Waals surface area contributed by atoms with Gasteiger partial charge in [-0.3, -0.25) is 4.98 Å². The molecule has 6 nitrogen and oxygen atoms in total. The van der Waals surface area contributed by atoms with Crippen molar-refractivity contribution in [1.82, 2.24) is 9.88 Å². The maximum absolute atomic E-state index is 12.3. The van der Waals surface area contributed by atoms with Crippen molar-refractivity contribution in [3.8, 4) is 0 Å². The van der Waals surface area contributed by atoms with Crippen LogP contribution in [0.5, 0.6) is 0 Å². The largest absolute Gasteiger partial charge is 0.444 e. The highest BCUT2D eigenvalue weighted by molar-refractivity contribution is 5.72. The van der Waals surface area contributed by atoms with E-state index in [-0.39, 0.29) is 18.1 Å². The summed E-state index contributed by atoms with van der Waals surface area (Å²) in [5, 5.41) is 0. The Hall–Kier alpha value is -1.92. The Morgan fingerprint density at radius 3 is 2.62 bits per heavy atom. The number of carbonyl (C=O) groups excluding carboxylic acids is 1. The Labute approximate surface area is 174 Å². The third kappa shape index (κ3) is 5.37. The highest BCUT2D eigenvalue weighted by Crippen LogP contribution is 2.33. The number of rotatable bonds is 3. The van der Waals surface area contributed by atoms with E-state index in [1.54, 1.807) is 4.90 Å². The van der Waals surface area contributed by atoms with Gasteiger partial charge < -0.3 is 19.1 Å². The van der Waals surface area contributed by atoms with E-state index >= 15 is 0 Å². The maximum atomic E-state index is 12.3. The molecular weight excluding hydrogens is 368 g/mol. The van der Waals surface area contributed by atoms with E-state index in [1.807, 2.05) is 40.8 Å². The topological polar surface area (TPSA) is 60.9 Å². The van der Waals surface area contributed by atoms with Crippen molar-refractivity contribution in [2.75, 3.05) is 19.7 Å². The van der Waals surface area contributed by atoms with Crippen LogP contribution in [0, 0.1) is 6.92 Å². The van der Waals surface area contributed by atoms with Crippen LogP contribution in [0.3, 0.4) is 0 Å². The molecule has 1 saturated heterocycles. The molecule has 2 atom stereocenters. The molecule has 29 heavy (non-hydrogen) atoms. The minimum atomic E-state index is -0.520. The zero-order valence-corrected chi connectivity index (χ0v) is 18.7. The molecule has 0 bridgehead atoms. The first-order valence-electron chi connectivity index (χ1n) is 10.4. The van der Waals surface area contributed by atoms with Crippen LogP contribution in [-0.4, -0.2) is 53.2 Å². The first-order chi connectivity index (χ1) is 13.5. The van der Waals surface area contributed by atoms with E-state index in [4.69, 9.17) is 19.2 Å². The number of amides is 1. The lowest BCUT2D eigenvalue weighted by molar-refractivity contribution is -0.140. The van der Waals surface area contributed by atoms with Gasteiger partial charge in [-0.15, -0.1) is 0 Å². The molecule has 0 N–H and O–H groups in total. The summed E-state index contributed by atoms with van der Waals surface area (Å²) in [6.45, 7) is 15.6. The van der Waals surface area contributed by atoms with Crippen LogP contribution in [0.15, 0.2) is 18.3 Å². The lowest BCUT2D eigenvalue weighted by Crippen LogP contribution is -2.39. The van der Waals surface area contributed by atoms with Crippen LogP contribution in [0.1, 0.15) is 70.7 Å². The van der Waals surface area contributed by atoms with Crippen LogP contribution in [0.2, 0.25) is 0 Å². The molecular formula is C23H34N2O4. The van der Waals surface area contributed by atoms with Crippen molar-refractivity contribution in [3.05, 3.63) is 35.2 Å². The Bertz CT molecular complexity index is 795. The summed E-state index contributed by atoms with van der Waals surface area (Å²) in [4.78, 5) is 18.7. The third-order valence-electron chi connectivity index (χ3n) is 5.38. The number of carbonyl (C=O) groups is 1. The van der Waals surface area contributed by atoms with Gasteiger partial charge in [-0.25, -0.2) is 4.79 Å². The summed E-state index contributed by atoms with van der Waals surface area (Å²) in [5.41, 5.74) is 4.01. The molecule has 1 fully saturated rings. The summed E-state index contributed by atoms with van der Waals surface area (Å²) in [7, 11) is 0. The van der Waals surface area contributed by atoms with Gasteiger partial charge in [0.2, 0.25) is 0 Å². The SMILES string of the molecule is Cc1cc(C(C)C2COC(C)(C)O2)cnc1C1=CCN(C(=O)OC(C)(C)C)CC1. The number of aryl methyl sites for hydroxylation is 1. The minimum absolute atomic E-state index is 0.0355. The molecule has 1 aromatic rings. The molecule has 0 radical (unpaired) electrons. The Morgan fingerprint density at radius 1 is 1.38 bits per heavy atom. The van der Waals surface area contributed by atoms with E-state index in [0.717, 1.165) is 23.2 Å². The first-order valence-corrected chi connectivity index (χ1v) is 10.4. The molecule has 0 saturated carbocycles. The zero-order chi connectivity index (χ0) is 21.4. The molecule has 6 heteroatoms. The fraction of sp³-hybridized carbons (Fsp3) is 0.652. The fourth-order valence-corrected chi connectivity index (χ4v) is 3.73. The molecule has 2 aliphatic rings. The molecule has 1 aromatic heterocycles.